The SMILES string of the molecule is COc1cccc(CNc2ccc(F)cc2F)c1O. The van der Waals surface area contributed by atoms with Crippen molar-refractivity contribution in [3.63, 3.8) is 0 Å². The molecule has 100 valence electrons. The molecule has 0 bridgehead atoms. The van der Waals surface area contributed by atoms with E-state index in [1.165, 1.54) is 13.2 Å². The summed E-state index contributed by atoms with van der Waals surface area (Å²) >= 11 is 0. The highest BCUT2D eigenvalue weighted by Crippen LogP contribution is 2.30. The third kappa shape index (κ3) is 2.93. The molecule has 0 saturated heterocycles. The van der Waals surface area contributed by atoms with E-state index in [0.717, 1.165) is 12.1 Å². The van der Waals surface area contributed by atoms with Crippen LogP contribution in [0.15, 0.2) is 36.4 Å². The Morgan fingerprint density at radius 2 is 2.00 bits per heavy atom. The fourth-order valence-corrected chi connectivity index (χ4v) is 1.70. The number of nitrogens with one attached hydrogen (secondary N) is 1. The van der Waals surface area contributed by atoms with Crippen LogP contribution in [0.25, 0.3) is 0 Å². The molecule has 0 spiro atoms. The Morgan fingerprint density at radius 1 is 1.21 bits per heavy atom. The van der Waals surface area contributed by atoms with Crippen molar-refractivity contribution in [1.29, 1.82) is 0 Å². The highest BCUT2D eigenvalue weighted by molar-refractivity contribution is 5.49. The summed E-state index contributed by atoms with van der Waals surface area (Å²) in [5, 5.41) is 12.7. The molecule has 0 aromatic heterocycles. The number of halogens is 2. The van der Waals surface area contributed by atoms with E-state index in [0.29, 0.717) is 11.3 Å². The highest BCUT2D eigenvalue weighted by atomic mass is 19.1. The second kappa shape index (κ2) is 5.56. The van der Waals surface area contributed by atoms with Gasteiger partial charge in [0.05, 0.1) is 12.8 Å². The number of phenols is 1. The number of anilines is 1. The molecular weight excluding hydrogens is 252 g/mol. The quantitative estimate of drug-likeness (QED) is 0.891. The van der Waals surface area contributed by atoms with E-state index in [1.54, 1.807) is 18.2 Å². The zero-order chi connectivity index (χ0) is 13.8. The van der Waals surface area contributed by atoms with Gasteiger partial charge in [0, 0.05) is 18.2 Å². The third-order valence-corrected chi connectivity index (χ3v) is 2.70. The molecule has 0 aliphatic rings. The van der Waals surface area contributed by atoms with E-state index in [9.17, 15) is 13.9 Å². The Balaban J connectivity index is 2.14. The van der Waals surface area contributed by atoms with Crippen molar-refractivity contribution in [1.82, 2.24) is 0 Å². The highest BCUT2D eigenvalue weighted by Gasteiger charge is 2.08. The molecule has 0 unspecified atom stereocenters. The number of phenolic OH excluding ortho intramolecular Hbond substituents is 1. The van der Waals surface area contributed by atoms with Gasteiger partial charge in [-0.05, 0) is 18.2 Å². The van der Waals surface area contributed by atoms with E-state index in [2.05, 4.69) is 5.32 Å². The Morgan fingerprint density at radius 3 is 2.68 bits per heavy atom. The summed E-state index contributed by atoms with van der Waals surface area (Å²) in [6.07, 6.45) is 0. The van der Waals surface area contributed by atoms with Crippen LogP contribution in [0.4, 0.5) is 14.5 Å². The van der Waals surface area contributed by atoms with Crippen LogP contribution in [0.1, 0.15) is 5.56 Å². The third-order valence-electron chi connectivity index (χ3n) is 2.70. The van der Waals surface area contributed by atoms with Crippen LogP contribution in [0.3, 0.4) is 0 Å². The van der Waals surface area contributed by atoms with E-state index < -0.39 is 11.6 Å². The fraction of sp³-hybridized carbons (Fsp3) is 0.143. The molecule has 19 heavy (non-hydrogen) atoms. The lowest BCUT2D eigenvalue weighted by molar-refractivity contribution is 0.371. The molecule has 0 saturated carbocycles. The lowest BCUT2D eigenvalue weighted by Crippen LogP contribution is -2.02. The van der Waals surface area contributed by atoms with Crippen molar-refractivity contribution in [2.75, 3.05) is 12.4 Å². The average molecular weight is 265 g/mol. The van der Waals surface area contributed by atoms with E-state index in [1.807, 2.05) is 0 Å². The molecule has 2 aromatic carbocycles. The van der Waals surface area contributed by atoms with Crippen LogP contribution in [-0.2, 0) is 6.54 Å². The van der Waals surface area contributed by atoms with Crippen LogP contribution in [0.5, 0.6) is 11.5 Å². The Kier molecular flexibility index (Phi) is 3.85. The first-order valence-corrected chi connectivity index (χ1v) is 5.65. The van der Waals surface area contributed by atoms with Crippen molar-refractivity contribution in [3.05, 3.63) is 53.6 Å². The fourth-order valence-electron chi connectivity index (χ4n) is 1.70. The molecule has 0 aliphatic carbocycles. The molecule has 2 aromatic rings. The first kappa shape index (κ1) is 13.1. The molecule has 5 heteroatoms. The summed E-state index contributed by atoms with van der Waals surface area (Å²) in [6.45, 7) is 0.200. The van der Waals surface area contributed by atoms with Crippen LogP contribution >= 0.6 is 0 Å². The second-order valence-corrected chi connectivity index (χ2v) is 3.95. The minimum absolute atomic E-state index is 0.0000184. The standard InChI is InChI=1S/C14H13F2NO2/c1-19-13-4-2-3-9(14(13)18)8-17-12-6-5-10(15)7-11(12)16/h2-7,17-18H,8H2,1H3. The molecule has 0 aliphatic heterocycles. The van der Waals surface area contributed by atoms with Crippen molar-refractivity contribution < 1.29 is 18.6 Å². The largest absolute Gasteiger partial charge is 0.504 e. The maximum Gasteiger partial charge on any atom is 0.162 e. The van der Waals surface area contributed by atoms with Gasteiger partial charge in [-0.3, -0.25) is 0 Å². The lowest BCUT2D eigenvalue weighted by Gasteiger charge is -2.11. The minimum atomic E-state index is -0.678. The molecule has 2 rings (SSSR count). The Hall–Kier alpha value is -2.30. The van der Waals surface area contributed by atoms with Crippen molar-refractivity contribution >= 4 is 5.69 Å². The lowest BCUT2D eigenvalue weighted by atomic mass is 10.2. The summed E-state index contributed by atoms with van der Waals surface area (Å²) < 4.78 is 31.1. The molecular formula is C14H13F2NO2. The summed E-state index contributed by atoms with van der Waals surface area (Å²) in [7, 11) is 1.45. The molecule has 2 N–H and O–H groups in total. The van der Waals surface area contributed by atoms with Gasteiger partial charge in [0.15, 0.2) is 11.5 Å². The second-order valence-electron chi connectivity index (χ2n) is 3.95. The number of benzene rings is 2. The van der Waals surface area contributed by atoms with Crippen LogP contribution in [0, 0.1) is 11.6 Å². The van der Waals surface area contributed by atoms with E-state index in [-0.39, 0.29) is 18.0 Å². The number of rotatable bonds is 4. The van der Waals surface area contributed by atoms with Gasteiger partial charge in [-0.15, -0.1) is 0 Å². The Labute approximate surface area is 109 Å². The van der Waals surface area contributed by atoms with E-state index in [4.69, 9.17) is 4.74 Å². The molecule has 0 atom stereocenters. The monoisotopic (exact) mass is 265 g/mol. The zero-order valence-electron chi connectivity index (χ0n) is 10.3. The van der Waals surface area contributed by atoms with Crippen LogP contribution in [-0.4, -0.2) is 12.2 Å². The molecule has 0 fully saturated rings. The number of ether oxygens (including phenoxy) is 1. The van der Waals surface area contributed by atoms with Crippen molar-refractivity contribution in [2.45, 2.75) is 6.54 Å². The number of hydrogen-bond donors (Lipinski definition) is 2. The molecule has 0 amide bonds. The summed E-state index contributed by atoms with van der Waals surface area (Å²) in [6, 6.07) is 8.30. The Bertz CT molecular complexity index is 588. The first-order chi connectivity index (χ1) is 9.11. The van der Waals surface area contributed by atoms with Crippen molar-refractivity contribution in [2.24, 2.45) is 0 Å². The maximum absolute atomic E-state index is 13.4. The van der Waals surface area contributed by atoms with Gasteiger partial charge in [-0.2, -0.15) is 0 Å². The van der Waals surface area contributed by atoms with Gasteiger partial charge in [0.25, 0.3) is 0 Å². The molecule has 0 heterocycles. The number of methoxy groups -OCH3 is 1. The topological polar surface area (TPSA) is 41.5 Å². The van der Waals surface area contributed by atoms with Gasteiger partial charge >= 0.3 is 0 Å². The van der Waals surface area contributed by atoms with Gasteiger partial charge in [0.2, 0.25) is 0 Å². The summed E-state index contributed by atoms with van der Waals surface area (Å²) in [4.78, 5) is 0. The number of hydrogen-bond acceptors (Lipinski definition) is 3. The maximum atomic E-state index is 13.4. The van der Waals surface area contributed by atoms with Gasteiger partial charge in [-0.1, -0.05) is 12.1 Å². The van der Waals surface area contributed by atoms with Gasteiger partial charge < -0.3 is 15.2 Å². The minimum Gasteiger partial charge on any atom is -0.504 e. The van der Waals surface area contributed by atoms with E-state index >= 15 is 0 Å². The number of aromatic hydroxyl groups is 1. The smallest absolute Gasteiger partial charge is 0.162 e. The summed E-state index contributed by atoms with van der Waals surface area (Å²) in [5.74, 6) is -0.964. The predicted molar refractivity (Wildman–Crippen MR) is 68.3 cm³/mol. The molecule has 3 nitrogen and oxygen atoms in total. The first-order valence-electron chi connectivity index (χ1n) is 5.65. The average Bonchev–Trinajstić information content (AvgIpc) is 2.39. The zero-order valence-corrected chi connectivity index (χ0v) is 10.3. The normalized spacial score (nSPS) is 10.3. The van der Waals surface area contributed by atoms with Crippen LogP contribution < -0.4 is 10.1 Å². The summed E-state index contributed by atoms with van der Waals surface area (Å²) in [5.41, 5.74) is 0.728. The predicted octanol–water partition coefficient (Wildman–Crippen LogP) is 3.29. The number of para-hydroxylation sites is 1. The van der Waals surface area contributed by atoms with Crippen LogP contribution in [0.2, 0.25) is 0 Å². The molecule has 0 radical (unpaired) electrons. The van der Waals surface area contributed by atoms with Gasteiger partial charge in [0.1, 0.15) is 11.6 Å². The van der Waals surface area contributed by atoms with Crippen molar-refractivity contribution in [3.8, 4) is 11.5 Å². The van der Waals surface area contributed by atoms with Gasteiger partial charge in [-0.25, -0.2) is 8.78 Å².